The maximum Gasteiger partial charge on any atom is 0.240 e. The van der Waals surface area contributed by atoms with E-state index in [0.717, 1.165) is 18.0 Å². The predicted molar refractivity (Wildman–Crippen MR) is 96.4 cm³/mol. The van der Waals surface area contributed by atoms with Crippen LogP contribution in [-0.2, 0) is 16.0 Å². The molecule has 1 aliphatic rings. The van der Waals surface area contributed by atoms with Gasteiger partial charge < -0.3 is 10.1 Å². The van der Waals surface area contributed by atoms with Crippen LogP contribution in [0.5, 0.6) is 0 Å². The molecule has 2 aromatic rings. The second-order valence-corrected chi connectivity index (χ2v) is 7.51. The van der Waals surface area contributed by atoms with Crippen LogP contribution in [0.15, 0.2) is 30.5 Å². The number of amides is 1. The molecule has 1 fully saturated rings. The lowest BCUT2D eigenvalue weighted by molar-refractivity contribution is -0.121. The minimum absolute atomic E-state index is 0.0897. The summed E-state index contributed by atoms with van der Waals surface area (Å²) in [4.78, 5) is 19.5. The van der Waals surface area contributed by atoms with Gasteiger partial charge in [0.15, 0.2) is 5.13 Å². The molecule has 1 saturated heterocycles. The van der Waals surface area contributed by atoms with Gasteiger partial charge in [0.25, 0.3) is 0 Å². The zero-order valence-electron chi connectivity index (χ0n) is 14.4. The Hall–Kier alpha value is -1.83. The molecule has 1 aliphatic heterocycles. The van der Waals surface area contributed by atoms with E-state index < -0.39 is 0 Å². The molecule has 3 rings (SSSR count). The highest BCUT2D eigenvalue weighted by Gasteiger charge is 2.23. The Morgan fingerprint density at radius 1 is 1.36 bits per heavy atom. The van der Waals surface area contributed by atoms with Gasteiger partial charge >= 0.3 is 0 Å². The minimum Gasteiger partial charge on any atom is -0.373 e. The molecule has 0 unspecified atom stereocenters. The highest BCUT2D eigenvalue weighted by Crippen LogP contribution is 2.22. The molecule has 25 heavy (non-hydrogen) atoms. The van der Waals surface area contributed by atoms with E-state index in [2.05, 4.69) is 15.2 Å². The molecule has 0 aliphatic carbocycles. The number of anilines is 1. The second-order valence-electron chi connectivity index (χ2n) is 6.40. The van der Waals surface area contributed by atoms with Crippen molar-refractivity contribution in [1.82, 2.24) is 9.88 Å². The zero-order valence-corrected chi connectivity index (χ0v) is 15.2. The number of morpholine rings is 1. The van der Waals surface area contributed by atoms with E-state index in [9.17, 15) is 9.18 Å². The first-order valence-corrected chi connectivity index (χ1v) is 9.17. The number of hydrogen-bond acceptors (Lipinski definition) is 5. The Morgan fingerprint density at radius 3 is 2.80 bits per heavy atom. The number of thiazole rings is 1. The van der Waals surface area contributed by atoms with Crippen LogP contribution in [0.3, 0.4) is 0 Å². The fourth-order valence-electron chi connectivity index (χ4n) is 3.05. The number of ether oxygens (including phenoxy) is 1. The van der Waals surface area contributed by atoms with Gasteiger partial charge in [-0.25, -0.2) is 9.37 Å². The van der Waals surface area contributed by atoms with E-state index in [1.165, 1.54) is 17.4 Å². The van der Waals surface area contributed by atoms with Gasteiger partial charge in [0, 0.05) is 30.6 Å². The van der Waals surface area contributed by atoms with E-state index in [0.29, 0.717) is 23.7 Å². The molecule has 0 saturated carbocycles. The lowest BCUT2D eigenvalue weighted by Crippen LogP contribution is -2.48. The number of hydrogen-bond donors (Lipinski definition) is 1. The normalized spacial score (nSPS) is 21.2. The van der Waals surface area contributed by atoms with Crippen molar-refractivity contribution in [3.8, 4) is 0 Å². The third-order valence-corrected chi connectivity index (χ3v) is 4.90. The summed E-state index contributed by atoms with van der Waals surface area (Å²) in [5, 5.41) is 3.38. The highest BCUT2D eigenvalue weighted by molar-refractivity contribution is 7.15. The fraction of sp³-hybridized carbons (Fsp3) is 0.444. The van der Waals surface area contributed by atoms with Crippen LogP contribution in [0.1, 0.15) is 24.3 Å². The topological polar surface area (TPSA) is 54.5 Å². The van der Waals surface area contributed by atoms with Gasteiger partial charge in [-0.2, -0.15) is 0 Å². The Kier molecular flexibility index (Phi) is 5.78. The summed E-state index contributed by atoms with van der Waals surface area (Å²) in [5.41, 5.74) is 0.625. The van der Waals surface area contributed by atoms with Crippen molar-refractivity contribution in [3.63, 3.8) is 0 Å². The molecule has 2 atom stereocenters. The van der Waals surface area contributed by atoms with Gasteiger partial charge in [-0.05, 0) is 25.5 Å². The minimum atomic E-state index is -0.225. The summed E-state index contributed by atoms with van der Waals surface area (Å²) in [7, 11) is 0. The Balaban J connectivity index is 1.54. The molecular formula is C18H22FN3O2S. The van der Waals surface area contributed by atoms with Crippen molar-refractivity contribution in [3.05, 3.63) is 46.7 Å². The smallest absolute Gasteiger partial charge is 0.240 e. The molecule has 1 aromatic carbocycles. The monoisotopic (exact) mass is 363 g/mol. The third kappa shape index (κ3) is 5.07. The standard InChI is InChI=1S/C18H22FN3O2S/c1-12-9-22(10-13(2)24-12)11-17(23)21-18-20-8-15(25-18)7-14-5-3-4-6-16(14)19/h3-6,8,12-13H,7,9-11H2,1-2H3,(H,20,21,23)/t12-,13-/m0/s1. The van der Waals surface area contributed by atoms with E-state index in [4.69, 9.17) is 4.74 Å². The first-order valence-electron chi connectivity index (χ1n) is 8.35. The van der Waals surface area contributed by atoms with Gasteiger partial charge in [-0.1, -0.05) is 18.2 Å². The summed E-state index contributed by atoms with van der Waals surface area (Å²) in [5.74, 6) is -0.315. The summed E-state index contributed by atoms with van der Waals surface area (Å²) in [6, 6.07) is 6.69. The van der Waals surface area contributed by atoms with Gasteiger partial charge in [0.1, 0.15) is 5.82 Å². The number of carbonyl (C=O) groups is 1. The summed E-state index contributed by atoms with van der Waals surface area (Å²) in [6.07, 6.45) is 2.41. The molecule has 1 N–H and O–H groups in total. The van der Waals surface area contributed by atoms with Crippen molar-refractivity contribution in [2.45, 2.75) is 32.5 Å². The summed E-state index contributed by atoms with van der Waals surface area (Å²) >= 11 is 1.37. The summed E-state index contributed by atoms with van der Waals surface area (Å²) < 4.78 is 19.4. The van der Waals surface area contributed by atoms with E-state index >= 15 is 0 Å². The number of benzene rings is 1. The molecule has 0 radical (unpaired) electrons. The van der Waals surface area contributed by atoms with Crippen LogP contribution >= 0.6 is 11.3 Å². The quantitative estimate of drug-likeness (QED) is 0.887. The number of nitrogens with zero attached hydrogens (tertiary/aromatic N) is 2. The highest BCUT2D eigenvalue weighted by atomic mass is 32.1. The van der Waals surface area contributed by atoms with Crippen LogP contribution in [-0.4, -0.2) is 47.6 Å². The van der Waals surface area contributed by atoms with Crippen molar-refractivity contribution in [2.75, 3.05) is 25.0 Å². The van der Waals surface area contributed by atoms with E-state index in [1.54, 1.807) is 18.3 Å². The molecule has 1 aromatic heterocycles. The van der Waals surface area contributed by atoms with Crippen LogP contribution in [0.2, 0.25) is 0 Å². The average molecular weight is 363 g/mol. The SMILES string of the molecule is C[C@H]1CN(CC(=O)Nc2ncc(Cc3ccccc3F)s2)C[C@H](C)O1. The molecule has 2 heterocycles. The van der Waals surface area contributed by atoms with Gasteiger partial charge in [-0.3, -0.25) is 9.69 Å². The average Bonchev–Trinajstić information content (AvgIpc) is 2.95. The van der Waals surface area contributed by atoms with Gasteiger partial charge in [0.2, 0.25) is 5.91 Å². The zero-order chi connectivity index (χ0) is 17.8. The van der Waals surface area contributed by atoms with Crippen LogP contribution < -0.4 is 5.32 Å². The fourth-order valence-corrected chi connectivity index (χ4v) is 3.90. The molecular weight excluding hydrogens is 341 g/mol. The van der Waals surface area contributed by atoms with Crippen LogP contribution in [0.4, 0.5) is 9.52 Å². The first-order chi connectivity index (χ1) is 12.0. The Labute approximate surface area is 150 Å². The molecule has 134 valence electrons. The maximum atomic E-state index is 13.7. The van der Waals surface area contributed by atoms with E-state index in [-0.39, 0.29) is 23.9 Å². The largest absolute Gasteiger partial charge is 0.373 e. The van der Waals surface area contributed by atoms with Crippen molar-refractivity contribution in [2.24, 2.45) is 0 Å². The molecule has 5 nitrogen and oxygen atoms in total. The lowest BCUT2D eigenvalue weighted by atomic mass is 10.1. The first kappa shape index (κ1) is 18.0. The number of halogens is 1. The predicted octanol–water partition coefficient (Wildman–Crippen LogP) is 2.92. The van der Waals surface area contributed by atoms with Crippen molar-refractivity contribution < 1.29 is 13.9 Å². The Morgan fingerprint density at radius 2 is 2.08 bits per heavy atom. The number of aromatic nitrogens is 1. The molecule has 0 bridgehead atoms. The number of rotatable bonds is 5. The maximum absolute atomic E-state index is 13.7. The van der Waals surface area contributed by atoms with E-state index in [1.807, 2.05) is 19.9 Å². The lowest BCUT2D eigenvalue weighted by Gasteiger charge is -2.34. The van der Waals surface area contributed by atoms with Crippen LogP contribution in [0, 0.1) is 5.82 Å². The molecule has 7 heteroatoms. The van der Waals surface area contributed by atoms with Crippen molar-refractivity contribution in [1.29, 1.82) is 0 Å². The third-order valence-electron chi connectivity index (χ3n) is 3.98. The van der Waals surface area contributed by atoms with Crippen LogP contribution in [0.25, 0.3) is 0 Å². The Bertz CT molecular complexity index is 727. The molecule has 0 spiro atoms. The molecule has 1 amide bonds. The van der Waals surface area contributed by atoms with Crippen molar-refractivity contribution >= 4 is 22.4 Å². The second kappa shape index (κ2) is 8.03. The summed E-state index contributed by atoms with van der Waals surface area (Å²) in [6.45, 7) is 5.83. The van der Waals surface area contributed by atoms with Gasteiger partial charge in [0.05, 0.1) is 18.8 Å². The number of carbonyl (C=O) groups excluding carboxylic acids is 1. The van der Waals surface area contributed by atoms with Gasteiger partial charge in [-0.15, -0.1) is 11.3 Å². The number of nitrogens with one attached hydrogen (secondary N) is 1.